The van der Waals surface area contributed by atoms with E-state index in [2.05, 4.69) is 0 Å². The van der Waals surface area contributed by atoms with E-state index >= 15 is 0 Å². The van der Waals surface area contributed by atoms with Crippen LogP contribution in [0.4, 0.5) is 8.78 Å². The molecule has 0 aromatic rings. The molecule has 1 aliphatic heterocycles. The Morgan fingerprint density at radius 1 is 1.64 bits per heavy atom. The van der Waals surface area contributed by atoms with E-state index in [1.807, 2.05) is 0 Å². The third kappa shape index (κ3) is 2.10. The molecule has 11 heavy (non-hydrogen) atoms. The largest absolute Gasteiger partial charge is 0.329 e. The molecule has 2 nitrogen and oxygen atoms in total. The summed E-state index contributed by atoms with van der Waals surface area (Å²) in [5, 5.41) is 0. The Labute approximate surface area is 65.4 Å². The third-order valence-corrected chi connectivity index (χ3v) is 2.22. The molecule has 0 bridgehead atoms. The Morgan fingerprint density at radius 3 is 2.73 bits per heavy atom. The van der Waals surface area contributed by atoms with Crippen molar-refractivity contribution in [3.8, 4) is 0 Å². The molecule has 1 fully saturated rings. The van der Waals surface area contributed by atoms with Crippen LogP contribution in [0.1, 0.15) is 12.8 Å². The van der Waals surface area contributed by atoms with Gasteiger partial charge in [-0.25, -0.2) is 8.78 Å². The van der Waals surface area contributed by atoms with Crippen molar-refractivity contribution in [2.75, 3.05) is 20.1 Å². The summed E-state index contributed by atoms with van der Waals surface area (Å²) < 4.78 is 25.4. The maximum Gasteiger partial charge on any atom is 0.260 e. The van der Waals surface area contributed by atoms with E-state index in [1.165, 1.54) is 0 Å². The van der Waals surface area contributed by atoms with Gasteiger partial charge in [0, 0.05) is 19.0 Å². The summed E-state index contributed by atoms with van der Waals surface area (Å²) in [5.74, 6) is -2.50. The lowest BCUT2D eigenvalue weighted by Gasteiger charge is -2.36. The van der Waals surface area contributed by atoms with Crippen LogP contribution in [0.15, 0.2) is 0 Å². The number of likely N-dealkylation sites (tertiary alicyclic amines) is 1. The van der Waals surface area contributed by atoms with Gasteiger partial charge in [-0.3, -0.25) is 4.90 Å². The van der Waals surface area contributed by atoms with Gasteiger partial charge >= 0.3 is 0 Å². The summed E-state index contributed by atoms with van der Waals surface area (Å²) in [4.78, 5) is 1.64. The maximum absolute atomic E-state index is 12.7. The second-order valence-corrected chi connectivity index (χ2v) is 3.20. The number of halogens is 2. The van der Waals surface area contributed by atoms with Crippen LogP contribution in [-0.2, 0) is 0 Å². The Morgan fingerprint density at radius 2 is 2.27 bits per heavy atom. The zero-order chi connectivity index (χ0) is 8.48. The van der Waals surface area contributed by atoms with Crippen molar-refractivity contribution in [1.29, 1.82) is 0 Å². The molecule has 1 atom stereocenters. The van der Waals surface area contributed by atoms with Crippen LogP contribution in [-0.4, -0.2) is 37.0 Å². The van der Waals surface area contributed by atoms with Gasteiger partial charge in [0.15, 0.2) is 0 Å². The van der Waals surface area contributed by atoms with E-state index in [1.54, 1.807) is 11.9 Å². The van der Waals surface area contributed by atoms with Gasteiger partial charge in [0.2, 0.25) is 0 Å². The average molecular weight is 164 g/mol. The van der Waals surface area contributed by atoms with E-state index in [0.717, 1.165) is 0 Å². The molecule has 0 radical (unpaired) electrons. The van der Waals surface area contributed by atoms with Gasteiger partial charge in [0.1, 0.15) is 0 Å². The van der Waals surface area contributed by atoms with E-state index < -0.39 is 5.92 Å². The molecule has 0 saturated carbocycles. The van der Waals surface area contributed by atoms with Crippen LogP contribution in [0.25, 0.3) is 0 Å². The topological polar surface area (TPSA) is 29.3 Å². The fourth-order valence-corrected chi connectivity index (χ4v) is 1.47. The van der Waals surface area contributed by atoms with Crippen molar-refractivity contribution in [3.05, 3.63) is 0 Å². The minimum atomic E-state index is -2.50. The average Bonchev–Trinajstić information content (AvgIpc) is 1.86. The van der Waals surface area contributed by atoms with Crippen molar-refractivity contribution < 1.29 is 8.78 Å². The lowest BCUT2D eigenvalue weighted by molar-refractivity contribution is -0.0731. The Kier molecular flexibility index (Phi) is 2.44. The number of likely N-dealkylation sites (N-methyl/N-ethyl adjacent to an activating group) is 1. The fraction of sp³-hybridized carbons (Fsp3) is 1.00. The number of nitrogens with two attached hydrogens (primary N) is 1. The maximum atomic E-state index is 12.7. The molecule has 1 saturated heterocycles. The molecule has 1 aliphatic rings. The highest BCUT2D eigenvalue weighted by Gasteiger charge is 2.37. The Balaban J connectivity index is 2.48. The van der Waals surface area contributed by atoms with E-state index in [0.29, 0.717) is 13.0 Å². The van der Waals surface area contributed by atoms with Gasteiger partial charge in [-0.1, -0.05) is 0 Å². The van der Waals surface area contributed by atoms with E-state index in [-0.39, 0.29) is 19.0 Å². The first kappa shape index (κ1) is 8.87. The van der Waals surface area contributed by atoms with Crippen molar-refractivity contribution in [2.45, 2.75) is 24.8 Å². The number of nitrogens with zero attached hydrogens (tertiary/aromatic N) is 1. The van der Waals surface area contributed by atoms with Crippen molar-refractivity contribution in [2.24, 2.45) is 5.73 Å². The minimum Gasteiger partial charge on any atom is -0.329 e. The Bertz CT molecular complexity index is 138. The normalized spacial score (nSPS) is 32.2. The standard InChI is InChI=1S/C7H14F2N2/c1-11-5-7(8,9)3-2-6(11)4-10/h6H,2-5,10H2,1H3/t6-/m0/s1. The first-order valence-corrected chi connectivity index (χ1v) is 3.83. The second-order valence-electron chi connectivity index (χ2n) is 3.20. The number of piperidine rings is 1. The fourth-order valence-electron chi connectivity index (χ4n) is 1.47. The van der Waals surface area contributed by atoms with Crippen molar-refractivity contribution >= 4 is 0 Å². The van der Waals surface area contributed by atoms with Crippen LogP contribution in [0.2, 0.25) is 0 Å². The van der Waals surface area contributed by atoms with Crippen molar-refractivity contribution in [3.63, 3.8) is 0 Å². The van der Waals surface area contributed by atoms with Crippen LogP contribution >= 0.6 is 0 Å². The highest BCUT2D eigenvalue weighted by Crippen LogP contribution is 2.28. The summed E-state index contributed by atoms with van der Waals surface area (Å²) in [6, 6.07) is 0.148. The smallest absolute Gasteiger partial charge is 0.260 e. The number of alkyl halides is 2. The lowest BCUT2D eigenvalue weighted by atomic mass is 10.0. The molecule has 0 aliphatic carbocycles. The molecule has 66 valence electrons. The molecule has 4 heteroatoms. The Hall–Kier alpha value is -0.220. The molecule has 0 aromatic carbocycles. The molecule has 1 heterocycles. The summed E-state index contributed by atoms with van der Waals surface area (Å²) in [7, 11) is 1.70. The summed E-state index contributed by atoms with van der Waals surface area (Å²) in [6.45, 7) is 0.335. The third-order valence-electron chi connectivity index (χ3n) is 2.22. The monoisotopic (exact) mass is 164 g/mol. The molecule has 2 N–H and O–H groups in total. The van der Waals surface area contributed by atoms with Crippen LogP contribution in [0.5, 0.6) is 0 Å². The van der Waals surface area contributed by atoms with Gasteiger partial charge < -0.3 is 5.73 Å². The molecule has 0 spiro atoms. The molecule has 1 rings (SSSR count). The van der Waals surface area contributed by atoms with Gasteiger partial charge in [-0.15, -0.1) is 0 Å². The highest BCUT2D eigenvalue weighted by molar-refractivity contribution is 4.84. The molecular formula is C7H14F2N2. The lowest BCUT2D eigenvalue weighted by Crippen LogP contribution is -2.49. The van der Waals surface area contributed by atoms with Crippen LogP contribution in [0, 0.1) is 0 Å². The van der Waals surface area contributed by atoms with Gasteiger partial charge in [-0.05, 0) is 13.5 Å². The summed E-state index contributed by atoms with van der Waals surface area (Å²) in [5.41, 5.74) is 5.40. The zero-order valence-electron chi connectivity index (χ0n) is 6.69. The SMILES string of the molecule is CN1CC(F)(F)CC[C@H]1CN. The molecule has 0 amide bonds. The predicted molar refractivity (Wildman–Crippen MR) is 39.7 cm³/mol. The second kappa shape index (κ2) is 3.03. The van der Waals surface area contributed by atoms with E-state index in [9.17, 15) is 8.78 Å². The van der Waals surface area contributed by atoms with E-state index in [4.69, 9.17) is 5.73 Å². The van der Waals surface area contributed by atoms with Gasteiger partial charge in [0.25, 0.3) is 5.92 Å². The highest BCUT2D eigenvalue weighted by atomic mass is 19.3. The minimum absolute atomic E-state index is 0.0147. The molecule has 0 aromatic heterocycles. The zero-order valence-corrected chi connectivity index (χ0v) is 6.69. The predicted octanol–water partition coefficient (Wildman–Crippen LogP) is 0.675. The summed E-state index contributed by atoms with van der Waals surface area (Å²) in [6.07, 6.45) is 0.499. The first-order valence-electron chi connectivity index (χ1n) is 3.83. The quantitative estimate of drug-likeness (QED) is 0.617. The van der Waals surface area contributed by atoms with Gasteiger partial charge in [-0.2, -0.15) is 0 Å². The van der Waals surface area contributed by atoms with Crippen LogP contribution < -0.4 is 5.73 Å². The number of hydrogen-bond donors (Lipinski definition) is 1. The summed E-state index contributed by atoms with van der Waals surface area (Å²) >= 11 is 0. The number of rotatable bonds is 1. The van der Waals surface area contributed by atoms with Crippen molar-refractivity contribution in [1.82, 2.24) is 4.90 Å². The molecule has 0 unspecified atom stereocenters. The number of hydrogen-bond acceptors (Lipinski definition) is 2. The first-order chi connectivity index (χ1) is 5.05. The molecular weight excluding hydrogens is 150 g/mol. The van der Waals surface area contributed by atoms with Gasteiger partial charge in [0.05, 0.1) is 6.54 Å². The van der Waals surface area contributed by atoms with Crippen LogP contribution in [0.3, 0.4) is 0 Å².